The van der Waals surface area contributed by atoms with Gasteiger partial charge in [0.05, 0.1) is 6.04 Å². The first-order valence-corrected chi connectivity index (χ1v) is 28.3. The van der Waals surface area contributed by atoms with Crippen molar-refractivity contribution in [2.24, 2.45) is 159 Å². The highest BCUT2D eigenvalue weighted by atomic mass is 15.3. The van der Waals surface area contributed by atoms with Crippen LogP contribution in [-0.4, -0.2) is 6.04 Å². The Morgan fingerprint density at radius 1 is 0.524 bits per heavy atom. The molecule has 0 radical (unpaired) electrons. The standard InChI is InChI=1S/C62H71N/c1-3-5-12-28(4-2)27-41-61-39-25-26-40-38-24-22-36-34-20-18-32-31-17-19-33-35-21-23-37(39)48-46(35)51-44(33)42(31)50-43(32)45(34)52-47(36)49(38)59(57-55(52)53(50)54(51)56(57)58(48)61)62(40,61)60(29-13-8-6-9-14-29)63(41)30-15-10-7-11-16-30/h6-11,13-16,25-26,28,31-36,41-60H,3-5,12,17-24,27H2,1-2H3. The highest BCUT2D eigenvalue weighted by Gasteiger charge is 2.94. The number of allylic oxidation sites excluding steroid dienone is 4. The van der Waals surface area contributed by atoms with E-state index in [9.17, 15) is 0 Å². The number of rotatable bonds is 8. The van der Waals surface area contributed by atoms with E-state index in [1.807, 2.05) is 11.1 Å². The summed E-state index contributed by atoms with van der Waals surface area (Å²) >= 11 is 0. The van der Waals surface area contributed by atoms with Gasteiger partial charge in [0, 0.05) is 22.6 Å². The molecule has 19 rings (SSSR count). The highest BCUT2D eigenvalue weighted by molar-refractivity contribution is 5.71. The van der Waals surface area contributed by atoms with Crippen LogP contribution in [0.5, 0.6) is 0 Å². The van der Waals surface area contributed by atoms with Crippen LogP contribution in [0.2, 0.25) is 0 Å². The second kappa shape index (κ2) is 10.9. The van der Waals surface area contributed by atoms with Crippen molar-refractivity contribution in [2.45, 2.75) is 109 Å². The highest BCUT2D eigenvalue weighted by Crippen LogP contribution is 2.97. The van der Waals surface area contributed by atoms with E-state index in [0.29, 0.717) is 12.1 Å². The maximum atomic E-state index is 3.33. The van der Waals surface area contributed by atoms with Gasteiger partial charge in [-0.25, -0.2) is 0 Å². The maximum Gasteiger partial charge on any atom is 0.0655 e. The molecule has 1 heterocycles. The summed E-state index contributed by atoms with van der Waals surface area (Å²) in [6.45, 7) is 5.07. The van der Waals surface area contributed by atoms with Crippen LogP contribution in [0.4, 0.5) is 5.69 Å². The van der Waals surface area contributed by atoms with E-state index >= 15 is 0 Å². The Hall–Kier alpha value is -2.54. The summed E-state index contributed by atoms with van der Waals surface area (Å²) < 4.78 is 0. The molecule has 29 unspecified atom stereocenters. The fourth-order valence-electron chi connectivity index (χ4n) is 28.5. The number of hydrogen-bond donors (Lipinski definition) is 0. The van der Waals surface area contributed by atoms with Crippen LogP contribution in [0.1, 0.15) is 109 Å². The minimum absolute atomic E-state index is 0.188. The molecule has 0 amide bonds. The van der Waals surface area contributed by atoms with Gasteiger partial charge in [0.15, 0.2) is 0 Å². The van der Waals surface area contributed by atoms with Gasteiger partial charge >= 0.3 is 0 Å². The summed E-state index contributed by atoms with van der Waals surface area (Å²) in [5.74, 6) is 26.0. The van der Waals surface area contributed by atoms with Crippen LogP contribution in [0.3, 0.4) is 0 Å². The third-order valence-electron chi connectivity index (χ3n) is 27.7. The van der Waals surface area contributed by atoms with Crippen molar-refractivity contribution in [3.8, 4) is 0 Å². The molecule has 13 saturated carbocycles. The van der Waals surface area contributed by atoms with Gasteiger partial charge in [0.1, 0.15) is 0 Å². The molecule has 0 aromatic heterocycles. The Labute approximate surface area is 377 Å². The zero-order valence-corrected chi connectivity index (χ0v) is 38.2. The third kappa shape index (κ3) is 3.15. The van der Waals surface area contributed by atoms with Gasteiger partial charge in [-0.2, -0.15) is 0 Å². The summed E-state index contributed by atoms with van der Waals surface area (Å²) in [5, 5.41) is 0. The molecule has 1 nitrogen and oxygen atoms in total. The topological polar surface area (TPSA) is 3.24 Å². The van der Waals surface area contributed by atoms with E-state index in [4.69, 9.17) is 0 Å². The molecule has 1 heteroatoms. The Kier molecular flexibility index (Phi) is 6.01. The fourth-order valence-corrected chi connectivity index (χ4v) is 28.5. The van der Waals surface area contributed by atoms with Gasteiger partial charge in [0.25, 0.3) is 0 Å². The van der Waals surface area contributed by atoms with Crippen molar-refractivity contribution in [1.82, 2.24) is 0 Å². The van der Waals surface area contributed by atoms with Gasteiger partial charge in [-0.15, -0.1) is 0 Å². The van der Waals surface area contributed by atoms with Crippen molar-refractivity contribution in [3.63, 3.8) is 0 Å². The predicted molar refractivity (Wildman–Crippen MR) is 249 cm³/mol. The number of hydrogen-bond acceptors (Lipinski definition) is 1. The number of para-hydroxylation sites is 1. The first-order valence-electron chi connectivity index (χ1n) is 28.3. The van der Waals surface area contributed by atoms with Crippen LogP contribution in [0.15, 0.2) is 95.1 Å². The molecule has 2 aromatic rings. The summed E-state index contributed by atoms with van der Waals surface area (Å²) in [7, 11) is 0. The van der Waals surface area contributed by atoms with Crippen LogP contribution in [0, 0.1) is 159 Å². The Balaban J connectivity index is 0.981. The molecule has 0 bridgehead atoms. The van der Waals surface area contributed by atoms with Gasteiger partial charge in [-0.05, 0) is 235 Å². The number of benzene rings is 2. The monoisotopic (exact) mass is 830 g/mol. The first-order chi connectivity index (χ1) is 31.2. The number of fused-ring (bicyclic) bond motifs is 3. The quantitative estimate of drug-likeness (QED) is 0.256. The van der Waals surface area contributed by atoms with Crippen molar-refractivity contribution < 1.29 is 0 Å². The zero-order chi connectivity index (χ0) is 40.3. The second-order valence-electron chi connectivity index (χ2n) is 27.1. The molecule has 324 valence electrons. The molecule has 1 saturated heterocycles. The fraction of sp³-hybridized carbons (Fsp3) is 0.710. The van der Waals surface area contributed by atoms with Crippen molar-refractivity contribution in [3.05, 3.63) is 101 Å². The molecule has 63 heavy (non-hydrogen) atoms. The van der Waals surface area contributed by atoms with Crippen LogP contribution in [0.25, 0.3) is 0 Å². The minimum atomic E-state index is 0.188. The lowest BCUT2D eigenvalue weighted by molar-refractivity contribution is -0.196. The third-order valence-corrected chi connectivity index (χ3v) is 27.7. The molecule has 14 fully saturated rings. The molecule has 1 aliphatic heterocycles. The van der Waals surface area contributed by atoms with Crippen LogP contribution in [-0.2, 0) is 0 Å². The molecule has 2 aromatic carbocycles. The Morgan fingerprint density at radius 2 is 1.00 bits per heavy atom. The summed E-state index contributed by atoms with van der Waals surface area (Å²) in [6.07, 6.45) is 25.6. The van der Waals surface area contributed by atoms with Gasteiger partial charge in [0.2, 0.25) is 0 Å². The van der Waals surface area contributed by atoms with Crippen LogP contribution >= 0.6 is 0 Å². The second-order valence-corrected chi connectivity index (χ2v) is 27.1. The zero-order valence-electron chi connectivity index (χ0n) is 38.2. The molecule has 17 aliphatic rings. The Morgan fingerprint density at radius 3 is 1.56 bits per heavy atom. The number of nitrogens with zero attached hydrogens (tertiary/aromatic N) is 1. The summed E-state index contributed by atoms with van der Waals surface area (Å²) in [6, 6.07) is 26.1. The van der Waals surface area contributed by atoms with E-state index in [0.717, 1.165) is 148 Å². The smallest absolute Gasteiger partial charge is 0.0655 e. The largest absolute Gasteiger partial charge is 0.360 e. The molecular weight excluding hydrogens is 759 g/mol. The van der Waals surface area contributed by atoms with E-state index in [2.05, 4.69) is 103 Å². The van der Waals surface area contributed by atoms with Crippen molar-refractivity contribution in [1.29, 1.82) is 0 Å². The average Bonchev–Trinajstić information content (AvgIpc) is 4.18. The van der Waals surface area contributed by atoms with Crippen molar-refractivity contribution >= 4 is 5.69 Å². The maximum absolute atomic E-state index is 3.33. The van der Waals surface area contributed by atoms with Gasteiger partial charge < -0.3 is 4.90 Å². The molecule has 0 N–H and O–H groups in total. The Bertz CT molecular complexity index is 2510. The summed E-state index contributed by atoms with van der Waals surface area (Å²) in [4.78, 5) is 3.33. The molecule has 29 atom stereocenters. The lowest BCUT2D eigenvalue weighted by Crippen LogP contribution is -2.68. The van der Waals surface area contributed by atoms with Crippen molar-refractivity contribution in [2.75, 3.05) is 4.90 Å². The lowest BCUT2D eigenvalue weighted by atomic mass is 9.32. The summed E-state index contributed by atoms with van der Waals surface area (Å²) in [5.41, 5.74) is 12.0. The molecule has 16 aliphatic carbocycles. The minimum Gasteiger partial charge on any atom is -0.360 e. The van der Waals surface area contributed by atoms with E-state index in [-0.39, 0.29) is 10.8 Å². The predicted octanol–water partition coefficient (Wildman–Crippen LogP) is 13.5. The normalized spacial score (nSPS) is 60.8. The van der Waals surface area contributed by atoms with E-state index in [1.54, 1.807) is 49.8 Å². The van der Waals surface area contributed by atoms with E-state index < -0.39 is 0 Å². The van der Waals surface area contributed by atoms with E-state index in [1.165, 1.54) is 44.9 Å². The average molecular weight is 830 g/mol. The lowest BCUT2D eigenvalue weighted by Gasteiger charge is -2.69. The van der Waals surface area contributed by atoms with Crippen LogP contribution < -0.4 is 4.90 Å². The van der Waals surface area contributed by atoms with Gasteiger partial charge in [-0.3, -0.25) is 0 Å². The number of unbranched alkanes of at least 4 members (excludes halogenated alkanes) is 1. The molecule has 2 spiro atoms. The first kappa shape index (κ1) is 34.7. The molecular formula is C62H71N. The van der Waals surface area contributed by atoms with Gasteiger partial charge in [-0.1, -0.05) is 111 Å². The number of anilines is 1. The SMILES string of the molecule is CCCCC(CC)CC1N(c2ccccc2)C(c2ccccc2)C23C4=C5CCC6C7CCC8C9CCC%10C%11CCC%12=C(C=C4)C12C1C%12C%11C2C%10C9C4C8C7C7C6C5C3C3C7C4C2C31.